The molecule has 1 saturated heterocycles. The number of nitrogens with one attached hydrogen (secondary N) is 2. The lowest BCUT2D eigenvalue weighted by atomic mass is 9.81. The Bertz CT molecular complexity index is 1770. The van der Waals surface area contributed by atoms with Gasteiger partial charge in [0.05, 0.1) is 29.1 Å². The van der Waals surface area contributed by atoms with E-state index < -0.39 is 45.4 Å². The fourth-order valence-corrected chi connectivity index (χ4v) is 6.83. The van der Waals surface area contributed by atoms with Gasteiger partial charge in [0.15, 0.2) is 0 Å². The number of nitrogens with zero attached hydrogens (tertiary/aromatic N) is 4. The van der Waals surface area contributed by atoms with E-state index >= 15 is 0 Å². The summed E-state index contributed by atoms with van der Waals surface area (Å²) in [4.78, 5) is 38.3. The first-order chi connectivity index (χ1) is 21.1. The Morgan fingerprint density at radius 1 is 1.22 bits per heavy atom. The number of carbonyl (C=O) groups excluding carboxylic acids is 3. The Balaban J connectivity index is 0.000000700. The van der Waals surface area contributed by atoms with Crippen LogP contribution in [0.1, 0.15) is 57.4 Å². The third kappa shape index (κ3) is 6.99. The van der Waals surface area contributed by atoms with Crippen LogP contribution in [0.2, 0.25) is 0 Å². The molecule has 1 aliphatic heterocycles. The highest BCUT2D eigenvalue weighted by Crippen LogP contribution is 2.43. The fraction of sp³-hybridized carbons (Fsp3) is 0.433. The number of rotatable bonds is 5. The molecule has 0 spiro atoms. The molecule has 1 aromatic heterocycles. The van der Waals surface area contributed by atoms with Gasteiger partial charge in [0.2, 0.25) is 0 Å². The lowest BCUT2D eigenvalue weighted by molar-refractivity contribution is -0.140. The number of aromatic nitrogens is 1. The predicted molar refractivity (Wildman–Crippen MR) is 164 cm³/mol. The summed E-state index contributed by atoms with van der Waals surface area (Å²) in [5.74, 6) is -0.211. The standard InChI is InChI=1S/C26H28N6O6S.C4H8O2/c1-15-8-10-17(11-9-15)39(35,36)32-13-18-20-16(6-5-7-19(20)32)12-26(29-24(34)38-25(2,3)4)14-37-23(33)28-22(26)21(18)30-31-27;1-3-6-4(2)5/h5-11,13,21-22H,12,14H2,1-4H3,(H,28,33)(H,29,34);3H2,1-2H3/t21-,22-,26+;/m0./s1. The Morgan fingerprint density at radius 3 is 2.49 bits per heavy atom. The predicted octanol–water partition coefficient (Wildman–Crippen LogP) is 5.04. The van der Waals surface area contributed by atoms with Gasteiger partial charge in [0.25, 0.3) is 10.0 Å². The summed E-state index contributed by atoms with van der Waals surface area (Å²) in [5, 5.41) is 10.1. The van der Waals surface area contributed by atoms with Gasteiger partial charge in [-0.3, -0.25) is 4.79 Å². The molecule has 3 aromatic rings. The quantitative estimate of drug-likeness (QED) is 0.127. The summed E-state index contributed by atoms with van der Waals surface area (Å²) in [7, 11) is -4.03. The first kappa shape index (κ1) is 33.1. The highest BCUT2D eigenvalue weighted by molar-refractivity contribution is 7.90. The van der Waals surface area contributed by atoms with E-state index in [2.05, 4.69) is 25.4 Å². The number of azide groups is 1. The molecule has 0 unspecified atom stereocenters. The molecule has 0 bridgehead atoms. The summed E-state index contributed by atoms with van der Waals surface area (Å²) in [6.07, 6.45) is 0.0629. The molecule has 2 aromatic carbocycles. The topological polar surface area (TPSA) is 191 Å². The van der Waals surface area contributed by atoms with Gasteiger partial charge in [-0.25, -0.2) is 22.0 Å². The number of aryl methyl sites for hydroxylation is 1. The lowest BCUT2D eigenvalue weighted by Gasteiger charge is -2.45. The fourth-order valence-electron chi connectivity index (χ4n) is 5.46. The molecule has 2 heterocycles. The average molecular weight is 641 g/mol. The van der Waals surface area contributed by atoms with Crippen molar-refractivity contribution in [3.05, 3.63) is 75.8 Å². The van der Waals surface area contributed by atoms with Crippen LogP contribution < -0.4 is 10.6 Å². The molecule has 15 heteroatoms. The molecule has 0 radical (unpaired) electrons. The van der Waals surface area contributed by atoms with Crippen LogP contribution in [0.4, 0.5) is 9.59 Å². The normalized spacial score (nSPS) is 20.5. The minimum absolute atomic E-state index is 0.0969. The summed E-state index contributed by atoms with van der Waals surface area (Å²) in [6, 6.07) is 9.62. The second kappa shape index (κ2) is 12.7. The molecule has 2 N–H and O–H groups in total. The van der Waals surface area contributed by atoms with Gasteiger partial charge < -0.3 is 24.8 Å². The molecule has 1 fully saturated rings. The zero-order valence-corrected chi connectivity index (χ0v) is 26.7. The van der Waals surface area contributed by atoms with Gasteiger partial charge in [-0.1, -0.05) is 34.9 Å². The minimum atomic E-state index is -4.03. The number of ether oxygens (including phenoxy) is 3. The summed E-state index contributed by atoms with van der Waals surface area (Å²) >= 11 is 0. The smallest absolute Gasteiger partial charge is 0.408 e. The number of cyclic esters (lactones) is 1. The van der Waals surface area contributed by atoms with Crippen molar-refractivity contribution in [3.63, 3.8) is 0 Å². The molecule has 2 aliphatic rings. The molecule has 0 saturated carbocycles. The van der Waals surface area contributed by atoms with Crippen LogP contribution in [0.5, 0.6) is 0 Å². The van der Waals surface area contributed by atoms with Crippen LogP contribution in [0.25, 0.3) is 21.3 Å². The number of esters is 1. The molecule has 2 amide bonds. The highest BCUT2D eigenvalue weighted by atomic mass is 32.2. The third-order valence-corrected chi connectivity index (χ3v) is 8.92. The van der Waals surface area contributed by atoms with Gasteiger partial charge in [-0.05, 0) is 69.5 Å². The molecule has 3 atom stereocenters. The van der Waals surface area contributed by atoms with Gasteiger partial charge in [-0.15, -0.1) is 0 Å². The van der Waals surface area contributed by atoms with Crippen LogP contribution >= 0.6 is 0 Å². The molecule has 1 aliphatic carbocycles. The zero-order valence-electron chi connectivity index (χ0n) is 25.9. The number of hydrogen-bond donors (Lipinski definition) is 2. The molecule has 14 nitrogen and oxygen atoms in total. The van der Waals surface area contributed by atoms with Crippen molar-refractivity contribution in [2.24, 2.45) is 5.11 Å². The van der Waals surface area contributed by atoms with E-state index in [1.165, 1.54) is 29.2 Å². The van der Waals surface area contributed by atoms with Gasteiger partial charge in [0, 0.05) is 29.8 Å². The molecular formula is C30H36N6O8S. The molecule has 45 heavy (non-hydrogen) atoms. The van der Waals surface area contributed by atoms with Crippen molar-refractivity contribution >= 4 is 39.1 Å². The van der Waals surface area contributed by atoms with Crippen molar-refractivity contribution in [1.82, 2.24) is 14.6 Å². The van der Waals surface area contributed by atoms with Crippen LogP contribution in [-0.2, 0) is 35.4 Å². The van der Waals surface area contributed by atoms with E-state index in [4.69, 9.17) is 9.47 Å². The van der Waals surface area contributed by atoms with E-state index in [1.54, 1.807) is 58.0 Å². The van der Waals surface area contributed by atoms with E-state index in [0.29, 0.717) is 28.6 Å². The highest BCUT2D eigenvalue weighted by Gasteiger charge is 2.53. The number of fused-ring (bicyclic) bond motifs is 1. The van der Waals surface area contributed by atoms with E-state index in [0.717, 1.165) is 5.56 Å². The average Bonchev–Trinajstić information content (AvgIpc) is 3.29. The second-order valence-corrected chi connectivity index (χ2v) is 13.6. The maximum atomic E-state index is 13.7. The van der Waals surface area contributed by atoms with E-state index in [9.17, 15) is 28.3 Å². The largest absolute Gasteiger partial charge is 0.466 e. The first-order valence-corrected chi connectivity index (χ1v) is 15.6. The van der Waals surface area contributed by atoms with Gasteiger partial charge in [0.1, 0.15) is 17.7 Å². The van der Waals surface area contributed by atoms with E-state index in [-0.39, 0.29) is 23.9 Å². The van der Waals surface area contributed by atoms with Crippen molar-refractivity contribution in [2.75, 3.05) is 13.2 Å². The third-order valence-electron chi connectivity index (χ3n) is 7.23. The SMILES string of the molecule is CCOC(C)=O.Cc1ccc(S(=O)(=O)n2cc3c4c(cccc42)C[C@@]2(NC(=O)OC(C)(C)C)COC(=O)N[C@H]2[C@H]3N=[N+]=[N-])cc1. The van der Waals surface area contributed by atoms with Crippen LogP contribution in [-0.4, -0.2) is 60.9 Å². The maximum absolute atomic E-state index is 13.7. The number of hydrogen-bond acceptors (Lipinski definition) is 9. The van der Waals surface area contributed by atoms with Gasteiger partial charge >= 0.3 is 18.2 Å². The zero-order chi connectivity index (χ0) is 33.2. The Kier molecular flexibility index (Phi) is 9.35. The molecular weight excluding hydrogens is 604 g/mol. The van der Waals surface area contributed by atoms with Crippen molar-refractivity contribution in [1.29, 1.82) is 0 Å². The lowest BCUT2D eigenvalue weighted by Crippen LogP contribution is -2.70. The molecule has 240 valence electrons. The number of alkyl carbamates (subject to hydrolysis) is 2. The summed E-state index contributed by atoms with van der Waals surface area (Å²) in [5.41, 5.74) is 9.84. The Hall–Kier alpha value is -4.75. The minimum Gasteiger partial charge on any atom is -0.466 e. The van der Waals surface area contributed by atoms with Gasteiger partial charge in [-0.2, -0.15) is 0 Å². The summed E-state index contributed by atoms with van der Waals surface area (Å²) < 4.78 is 43.9. The Morgan fingerprint density at radius 2 is 1.91 bits per heavy atom. The van der Waals surface area contributed by atoms with Crippen molar-refractivity contribution < 1.29 is 37.0 Å². The first-order valence-electron chi connectivity index (χ1n) is 14.2. The number of amides is 2. The second-order valence-electron chi connectivity index (χ2n) is 11.7. The van der Waals surface area contributed by atoms with Crippen LogP contribution in [0.15, 0.2) is 58.7 Å². The monoisotopic (exact) mass is 640 g/mol. The van der Waals surface area contributed by atoms with Crippen molar-refractivity contribution in [2.45, 2.75) is 76.1 Å². The molecule has 5 rings (SSSR count). The number of benzene rings is 2. The van der Waals surface area contributed by atoms with E-state index in [1.807, 2.05) is 6.92 Å². The summed E-state index contributed by atoms with van der Waals surface area (Å²) in [6.45, 7) is 10.5. The van der Waals surface area contributed by atoms with Crippen LogP contribution in [0, 0.1) is 6.92 Å². The Labute approximate surface area is 260 Å². The number of carbonyl (C=O) groups is 3. The van der Waals surface area contributed by atoms with Crippen LogP contribution in [0.3, 0.4) is 0 Å². The van der Waals surface area contributed by atoms with Crippen molar-refractivity contribution in [3.8, 4) is 0 Å². The maximum Gasteiger partial charge on any atom is 0.408 e.